The molecule has 104 valence electrons. The Labute approximate surface area is 113 Å². The zero-order valence-corrected chi connectivity index (χ0v) is 11.4. The highest BCUT2D eigenvalue weighted by atomic mass is 16.5. The summed E-state index contributed by atoms with van der Waals surface area (Å²) < 4.78 is 5.31. The van der Waals surface area contributed by atoms with E-state index in [9.17, 15) is 15.0 Å². The number of ether oxygens (including phenoxy) is 1. The summed E-state index contributed by atoms with van der Waals surface area (Å²) in [7, 11) is 1.51. The van der Waals surface area contributed by atoms with Crippen LogP contribution in [0.25, 0.3) is 0 Å². The zero-order chi connectivity index (χ0) is 14.0. The van der Waals surface area contributed by atoms with Gasteiger partial charge in [0.2, 0.25) is 0 Å². The van der Waals surface area contributed by atoms with Gasteiger partial charge in [0.05, 0.1) is 12.5 Å². The topological polar surface area (TPSA) is 66.8 Å². The second-order valence-electron chi connectivity index (χ2n) is 5.29. The van der Waals surface area contributed by atoms with Crippen LogP contribution in [0.3, 0.4) is 0 Å². The number of aliphatic carboxylic acids is 1. The predicted octanol–water partition coefficient (Wildman–Crippen LogP) is 3.00. The van der Waals surface area contributed by atoms with E-state index in [0.717, 1.165) is 30.4 Å². The lowest BCUT2D eigenvalue weighted by Crippen LogP contribution is -2.38. The molecule has 0 amide bonds. The first-order valence-electron chi connectivity index (χ1n) is 6.63. The van der Waals surface area contributed by atoms with Crippen molar-refractivity contribution in [2.45, 2.75) is 44.4 Å². The van der Waals surface area contributed by atoms with Crippen molar-refractivity contribution in [1.29, 1.82) is 0 Å². The van der Waals surface area contributed by atoms with Gasteiger partial charge in [0.25, 0.3) is 0 Å². The molecule has 1 saturated carbocycles. The van der Waals surface area contributed by atoms with Crippen molar-refractivity contribution in [1.82, 2.24) is 0 Å². The van der Waals surface area contributed by atoms with Crippen molar-refractivity contribution in [3.8, 4) is 11.5 Å². The number of methoxy groups -OCH3 is 1. The van der Waals surface area contributed by atoms with E-state index in [1.165, 1.54) is 13.2 Å². The number of hydrogen-bond donors (Lipinski definition) is 2. The molecule has 0 unspecified atom stereocenters. The number of phenolic OH excluding ortho intramolecular Hbond substituents is 1. The first kappa shape index (κ1) is 13.7. The standard InChI is InChI=1S/C15H20O4/c1-10-8-11(16)9-12(19-2)13(10)15(14(17)18)6-4-3-5-7-15/h8-9,16H,3-7H2,1-2H3,(H,17,18). The van der Waals surface area contributed by atoms with Gasteiger partial charge in [0.1, 0.15) is 11.5 Å². The second-order valence-corrected chi connectivity index (χ2v) is 5.29. The molecule has 0 saturated heterocycles. The zero-order valence-electron chi connectivity index (χ0n) is 11.4. The van der Waals surface area contributed by atoms with E-state index in [0.29, 0.717) is 18.6 Å². The van der Waals surface area contributed by atoms with E-state index in [4.69, 9.17) is 4.74 Å². The van der Waals surface area contributed by atoms with Crippen molar-refractivity contribution >= 4 is 5.97 Å². The highest BCUT2D eigenvalue weighted by molar-refractivity contribution is 5.83. The number of hydrogen-bond acceptors (Lipinski definition) is 3. The van der Waals surface area contributed by atoms with Crippen LogP contribution in [0, 0.1) is 6.92 Å². The van der Waals surface area contributed by atoms with Crippen molar-refractivity contribution < 1.29 is 19.7 Å². The van der Waals surface area contributed by atoms with E-state index in [-0.39, 0.29) is 5.75 Å². The fraction of sp³-hybridized carbons (Fsp3) is 0.533. The summed E-state index contributed by atoms with van der Waals surface area (Å²) in [4.78, 5) is 11.9. The minimum atomic E-state index is -0.874. The van der Waals surface area contributed by atoms with Gasteiger partial charge < -0.3 is 14.9 Å². The second kappa shape index (κ2) is 5.11. The Bertz CT molecular complexity index is 487. The number of benzene rings is 1. The molecular formula is C15H20O4. The van der Waals surface area contributed by atoms with Gasteiger partial charge in [-0.15, -0.1) is 0 Å². The van der Waals surface area contributed by atoms with Crippen LogP contribution in [0.1, 0.15) is 43.2 Å². The lowest BCUT2D eigenvalue weighted by atomic mass is 9.68. The monoisotopic (exact) mass is 264 g/mol. The molecule has 0 spiro atoms. The number of phenols is 1. The van der Waals surface area contributed by atoms with Crippen LogP contribution < -0.4 is 4.74 Å². The summed E-state index contributed by atoms with van der Waals surface area (Å²) in [5.41, 5.74) is 0.627. The van der Waals surface area contributed by atoms with Crippen LogP contribution in [0.5, 0.6) is 11.5 Å². The van der Waals surface area contributed by atoms with Crippen LogP contribution in [0.15, 0.2) is 12.1 Å². The Morgan fingerprint density at radius 1 is 1.26 bits per heavy atom. The normalized spacial score (nSPS) is 18.0. The van der Waals surface area contributed by atoms with Crippen LogP contribution in [-0.4, -0.2) is 23.3 Å². The summed E-state index contributed by atoms with van der Waals surface area (Å²) in [5.74, 6) is -0.212. The lowest BCUT2D eigenvalue weighted by molar-refractivity contribution is -0.145. The predicted molar refractivity (Wildman–Crippen MR) is 71.8 cm³/mol. The van der Waals surface area contributed by atoms with Crippen molar-refractivity contribution in [3.05, 3.63) is 23.3 Å². The third-order valence-electron chi connectivity index (χ3n) is 4.10. The van der Waals surface area contributed by atoms with Crippen LogP contribution >= 0.6 is 0 Å². The molecule has 1 aliphatic carbocycles. The summed E-state index contributed by atoms with van der Waals surface area (Å²) in [5, 5.41) is 19.4. The highest BCUT2D eigenvalue weighted by Crippen LogP contribution is 2.46. The van der Waals surface area contributed by atoms with E-state index in [1.54, 1.807) is 6.07 Å². The first-order valence-corrected chi connectivity index (χ1v) is 6.63. The quantitative estimate of drug-likeness (QED) is 0.880. The van der Waals surface area contributed by atoms with Gasteiger partial charge in [-0.25, -0.2) is 0 Å². The molecule has 2 N–H and O–H groups in total. The molecule has 1 aromatic carbocycles. The van der Waals surface area contributed by atoms with E-state index in [1.807, 2.05) is 6.92 Å². The van der Waals surface area contributed by atoms with Gasteiger partial charge >= 0.3 is 5.97 Å². The minimum Gasteiger partial charge on any atom is -0.508 e. The number of aromatic hydroxyl groups is 1. The number of aryl methyl sites for hydroxylation is 1. The minimum absolute atomic E-state index is 0.106. The fourth-order valence-electron chi connectivity index (χ4n) is 3.24. The Kier molecular flexibility index (Phi) is 3.69. The molecule has 19 heavy (non-hydrogen) atoms. The Morgan fingerprint density at radius 2 is 1.89 bits per heavy atom. The van der Waals surface area contributed by atoms with Gasteiger partial charge in [-0.1, -0.05) is 19.3 Å². The summed E-state index contributed by atoms with van der Waals surface area (Å²) in [6, 6.07) is 3.11. The van der Waals surface area contributed by atoms with Crippen LogP contribution in [0.4, 0.5) is 0 Å². The molecule has 1 aliphatic rings. The van der Waals surface area contributed by atoms with Crippen molar-refractivity contribution in [3.63, 3.8) is 0 Å². The third kappa shape index (κ3) is 2.27. The summed E-state index contributed by atoms with van der Waals surface area (Å²) in [6.45, 7) is 1.83. The van der Waals surface area contributed by atoms with E-state index < -0.39 is 11.4 Å². The van der Waals surface area contributed by atoms with Gasteiger partial charge in [0.15, 0.2) is 0 Å². The van der Waals surface area contributed by atoms with Gasteiger partial charge in [-0.3, -0.25) is 4.79 Å². The average molecular weight is 264 g/mol. The first-order chi connectivity index (χ1) is 9.01. The number of rotatable bonds is 3. The molecule has 0 atom stereocenters. The number of carboxylic acid groups (broad SMARTS) is 1. The van der Waals surface area contributed by atoms with Crippen LogP contribution in [0.2, 0.25) is 0 Å². The maximum absolute atomic E-state index is 11.9. The van der Waals surface area contributed by atoms with E-state index in [2.05, 4.69) is 0 Å². The molecule has 0 aromatic heterocycles. The lowest BCUT2D eigenvalue weighted by Gasteiger charge is -2.35. The van der Waals surface area contributed by atoms with Crippen LogP contribution in [-0.2, 0) is 10.2 Å². The number of carbonyl (C=O) groups is 1. The van der Waals surface area contributed by atoms with Crippen molar-refractivity contribution in [2.24, 2.45) is 0 Å². The van der Waals surface area contributed by atoms with Crippen molar-refractivity contribution in [2.75, 3.05) is 7.11 Å². The summed E-state index contributed by atoms with van der Waals surface area (Å²) in [6.07, 6.45) is 4.16. The van der Waals surface area contributed by atoms with Gasteiger partial charge in [0, 0.05) is 11.6 Å². The molecule has 4 nitrogen and oxygen atoms in total. The Balaban J connectivity index is 2.62. The Hall–Kier alpha value is -1.71. The molecule has 2 rings (SSSR count). The van der Waals surface area contributed by atoms with Gasteiger partial charge in [-0.05, 0) is 31.4 Å². The van der Waals surface area contributed by atoms with E-state index >= 15 is 0 Å². The SMILES string of the molecule is COc1cc(O)cc(C)c1C1(C(=O)O)CCCCC1. The average Bonchev–Trinajstić information content (AvgIpc) is 2.38. The molecular weight excluding hydrogens is 244 g/mol. The Morgan fingerprint density at radius 3 is 2.42 bits per heavy atom. The molecule has 0 bridgehead atoms. The maximum Gasteiger partial charge on any atom is 0.314 e. The number of carboxylic acids is 1. The fourth-order valence-corrected chi connectivity index (χ4v) is 3.24. The maximum atomic E-state index is 11.9. The largest absolute Gasteiger partial charge is 0.508 e. The summed E-state index contributed by atoms with van der Waals surface area (Å²) >= 11 is 0. The smallest absolute Gasteiger partial charge is 0.314 e. The molecule has 0 radical (unpaired) electrons. The molecule has 1 aromatic rings. The molecule has 4 heteroatoms. The molecule has 1 fully saturated rings. The molecule has 0 aliphatic heterocycles. The third-order valence-corrected chi connectivity index (χ3v) is 4.10. The highest BCUT2D eigenvalue weighted by Gasteiger charge is 2.44. The van der Waals surface area contributed by atoms with Gasteiger partial charge in [-0.2, -0.15) is 0 Å². The molecule has 0 heterocycles.